The summed E-state index contributed by atoms with van der Waals surface area (Å²) in [5.74, 6) is 0.546. The van der Waals surface area contributed by atoms with Crippen LogP contribution in [0.25, 0.3) is 0 Å². The van der Waals surface area contributed by atoms with Crippen LogP contribution in [-0.4, -0.2) is 5.78 Å². The third-order valence-electron chi connectivity index (χ3n) is 3.67. The number of benzene rings is 1. The number of carbonyl (C=O) groups is 1. The number of rotatable bonds is 2. The molecule has 1 nitrogen and oxygen atoms in total. The first kappa shape index (κ1) is 12.6. The van der Waals surface area contributed by atoms with Gasteiger partial charge in [-0.25, -0.2) is 0 Å². The van der Waals surface area contributed by atoms with Crippen molar-refractivity contribution >= 4 is 17.4 Å². The first-order valence-electron chi connectivity index (χ1n) is 6.49. The summed E-state index contributed by atoms with van der Waals surface area (Å²) in [5, 5.41) is 0.738. The number of Topliss-reactive ketones (excluding diaryl/α,β-unsaturated/α-hetero) is 1. The molecule has 1 saturated carbocycles. The molecule has 0 heterocycles. The largest absolute Gasteiger partial charge is 0.294 e. The van der Waals surface area contributed by atoms with Crippen LogP contribution in [0, 0.1) is 12.8 Å². The van der Waals surface area contributed by atoms with Crippen molar-refractivity contribution < 1.29 is 4.79 Å². The molecule has 0 aliphatic heterocycles. The smallest absolute Gasteiger partial charge is 0.165 e. The van der Waals surface area contributed by atoms with Crippen molar-refractivity contribution in [1.29, 1.82) is 0 Å². The van der Waals surface area contributed by atoms with E-state index in [2.05, 4.69) is 0 Å². The van der Waals surface area contributed by atoms with Gasteiger partial charge in [0.2, 0.25) is 0 Å². The molecule has 0 spiro atoms. The molecule has 0 bridgehead atoms. The highest BCUT2D eigenvalue weighted by Crippen LogP contribution is 2.27. The lowest BCUT2D eigenvalue weighted by atomic mass is 9.90. The third-order valence-corrected chi connectivity index (χ3v) is 4.09. The van der Waals surface area contributed by atoms with Crippen molar-refractivity contribution in [2.24, 2.45) is 5.92 Å². The van der Waals surface area contributed by atoms with Crippen LogP contribution in [0.5, 0.6) is 0 Å². The van der Waals surface area contributed by atoms with Gasteiger partial charge in [0.1, 0.15) is 0 Å². The minimum Gasteiger partial charge on any atom is -0.294 e. The number of ketones is 1. The maximum absolute atomic E-state index is 12.4. The molecule has 0 atom stereocenters. The van der Waals surface area contributed by atoms with Crippen molar-refractivity contribution in [3.63, 3.8) is 0 Å². The molecule has 92 valence electrons. The molecule has 0 unspecified atom stereocenters. The summed E-state index contributed by atoms with van der Waals surface area (Å²) in [4.78, 5) is 12.4. The van der Waals surface area contributed by atoms with E-state index in [1.807, 2.05) is 25.1 Å². The van der Waals surface area contributed by atoms with Crippen molar-refractivity contribution in [3.05, 3.63) is 34.3 Å². The van der Waals surface area contributed by atoms with Crippen LogP contribution in [0.2, 0.25) is 5.02 Å². The van der Waals surface area contributed by atoms with Crippen LogP contribution in [-0.2, 0) is 0 Å². The van der Waals surface area contributed by atoms with Gasteiger partial charge in [-0.15, -0.1) is 0 Å². The first-order valence-corrected chi connectivity index (χ1v) is 6.86. The third kappa shape index (κ3) is 3.10. The van der Waals surface area contributed by atoms with Crippen LogP contribution in [0.4, 0.5) is 0 Å². The van der Waals surface area contributed by atoms with Gasteiger partial charge in [-0.05, 0) is 43.5 Å². The lowest BCUT2D eigenvalue weighted by Gasteiger charge is -2.13. The summed E-state index contributed by atoms with van der Waals surface area (Å²) in [5.41, 5.74) is 1.82. The Morgan fingerprint density at radius 2 is 1.82 bits per heavy atom. The number of carbonyl (C=O) groups excluding carboxylic acids is 1. The maximum Gasteiger partial charge on any atom is 0.165 e. The van der Waals surface area contributed by atoms with E-state index in [1.54, 1.807) is 0 Å². The minimum absolute atomic E-state index is 0.234. The predicted molar refractivity (Wildman–Crippen MR) is 71.7 cm³/mol. The second-order valence-corrected chi connectivity index (χ2v) is 5.42. The Morgan fingerprint density at radius 1 is 1.18 bits per heavy atom. The molecule has 0 N–H and O–H groups in total. The Hall–Kier alpha value is -0.820. The molecular weight excluding hydrogens is 232 g/mol. The quantitative estimate of drug-likeness (QED) is 0.544. The van der Waals surface area contributed by atoms with Gasteiger partial charge in [-0.1, -0.05) is 37.3 Å². The fraction of sp³-hybridized carbons (Fsp3) is 0.533. The Labute approximate surface area is 108 Å². The topological polar surface area (TPSA) is 17.1 Å². The molecule has 0 amide bonds. The van der Waals surface area contributed by atoms with Crippen molar-refractivity contribution in [1.82, 2.24) is 0 Å². The predicted octanol–water partition coefficient (Wildman–Crippen LogP) is 4.80. The molecule has 0 aromatic heterocycles. The molecule has 0 radical (unpaired) electrons. The fourth-order valence-corrected chi connectivity index (χ4v) is 2.69. The van der Waals surface area contributed by atoms with Gasteiger partial charge in [-0.2, -0.15) is 0 Å². The number of hydrogen-bond donors (Lipinski definition) is 0. The zero-order valence-corrected chi connectivity index (χ0v) is 11.1. The Morgan fingerprint density at radius 3 is 2.41 bits per heavy atom. The molecular formula is C15H19ClO. The summed E-state index contributed by atoms with van der Waals surface area (Å²) in [6, 6.07) is 5.62. The summed E-state index contributed by atoms with van der Waals surface area (Å²) in [7, 11) is 0. The zero-order valence-electron chi connectivity index (χ0n) is 10.3. The van der Waals surface area contributed by atoms with E-state index < -0.39 is 0 Å². The van der Waals surface area contributed by atoms with Gasteiger partial charge in [-0.3, -0.25) is 4.79 Å². The summed E-state index contributed by atoms with van der Waals surface area (Å²) >= 11 is 5.99. The van der Waals surface area contributed by atoms with E-state index in [1.165, 1.54) is 25.7 Å². The van der Waals surface area contributed by atoms with E-state index >= 15 is 0 Å². The highest BCUT2D eigenvalue weighted by atomic mass is 35.5. The number of aryl methyl sites for hydroxylation is 1. The monoisotopic (exact) mass is 250 g/mol. The minimum atomic E-state index is 0.234. The zero-order chi connectivity index (χ0) is 12.3. The standard InChI is InChI=1S/C15H19ClO/c1-11-10-13(8-9-14(11)16)15(17)12-6-4-2-3-5-7-12/h8-10,12H,2-7H2,1H3. The lowest BCUT2D eigenvalue weighted by Crippen LogP contribution is -2.14. The van der Waals surface area contributed by atoms with Crippen LogP contribution in [0.15, 0.2) is 18.2 Å². The van der Waals surface area contributed by atoms with Crippen LogP contribution >= 0.6 is 11.6 Å². The van der Waals surface area contributed by atoms with Crippen LogP contribution < -0.4 is 0 Å². The Kier molecular flexibility index (Phi) is 4.22. The number of hydrogen-bond acceptors (Lipinski definition) is 1. The fourth-order valence-electron chi connectivity index (χ4n) is 2.58. The second-order valence-electron chi connectivity index (χ2n) is 5.02. The SMILES string of the molecule is Cc1cc(C(=O)C2CCCCCC2)ccc1Cl. The average Bonchev–Trinajstić information content (AvgIpc) is 2.60. The summed E-state index contributed by atoms with van der Waals surface area (Å²) in [6.45, 7) is 1.95. The van der Waals surface area contributed by atoms with Gasteiger partial charge in [0, 0.05) is 16.5 Å². The molecule has 1 fully saturated rings. The molecule has 2 rings (SSSR count). The summed E-state index contributed by atoms with van der Waals surface area (Å²) in [6.07, 6.45) is 7.07. The molecule has 1 aromatic carbocycles. The van der Waals surface area contributed by atoms with Gasteiger partial charge < -0.3 is 0 Å². The van der Waals surface area contributed by atoms with Crippen molar-refractivity contribution in [3.8, 4) is 0 Å². The van der Waals surface area contributed by atoms with E-state index in [0.717, 1.165) is 29.0 Å². The van der Waals surface area contributed by atoms with Crippen LogP contribution in [0.1, 0.15) is 54.4 Å². The molecule has 2 heteroatoms. The highest BCUT2D eigenvalue weighted by Gasteiger charge is 2.21. The molecule has 1 aliphatic rings. The van der Waals surface area contributed by atoms with Gasteiger partial charge >= 0.3 is 0 Å². The van der Waals surface area contributed by atoms with Gasteiger partial charge in [0.05, 0.1) is 0 Å². The first-order chi connectivity index (χ1) is 8.18. The Bertz CT molecular complexity index is 403. The van der Waals surface area contributed by atoms with Crippen molar-refractivity contribution in [2.75, 3.05) is 0 Å². The van der Waals surface area contributed by atoms with E-state index in [9.17, 15) is 4.79 Å². The second kappa shape index (κ2) is 5.68. The Balaban J connectivity index is 2.14. The van der Waals surface area contributed by atoms with Crippen LogP contribution in [0.3, 0.4) is 0 Å². The van der Waals surface area contributed by atoms with Gasteiger partial charge in [0.25, 0.3) is 0 Å². The van der Waals surface area contributed by atoms with E-state index in [4.69, 9.17) is 11.6 Å². The lowest BCUT2D eigenvalue weighted by molar-refractivity contribution is 0.0908. The maximum atomic E-state index is 12.4. The summed E-state index contributed by atoms with van der Waals surface area (Å²) < 4.78 is 0. The van der Waals surface area contributed by atoms with Gasteiger partial charge in [0.15, 0.2) is 5.78 Å². The van der Waals surface area contributed by atoms with E-state index in [-0.39, 0.29) is 5.92 Å². The van der Waals surface area contributed by atoms with Crippen molar-refractivity contribution in [2.45, 2.75) is 45.4 Å². The molecule has 0 saturated heterocycles. The number of halogens is 1. The average molecular weight is 251 g/mol. The molecule has 1 aliphatic carbocycles. The normalized spacial score (nSPS) is 17.8. The molecule has 1 aromatic rings. The highest BCUT2D eigenvalue weighted by molar-refractivity contribution is 6.31. The molecule has 17 heavy (non-hydrogen) atoms. The van der Waals surface area contributed by atoms with E-state index in [0.29, 0.717) is 5.78 Å².